The third-order valence-electron chi connectivity index (χ3n) is 5.08. The van der Waals surface area contributed by atoms with Crippen LogP contribution < -0.4 is 5.32 Å². The Labute approximate surface area is 127 Å². The van der Waals surface area contributed by atoms with Crippen LogP contribution in [0.2, 0.25) is 0 Å². The molecule has 1 saturated heterocycles. The van der Waals surface area contributed by atoms with E-state index in [9.17, 15) is 9.59 Å². The van der Waals surface area contributed by atoms with Gasteiger partial charge in [-0.25, -0.2) is 0 Å². The van der Waals surface area contributed by atoms with Crippen LogP contribution in [0.5, 0.6) is 0 Å². The first kappa shape index (κ1) is 16.3. The zero-order valence-electron chi connectivity index (χ0n) is 13.7. The summed E-state index contributed by atoms with van der Waals surface area (Å²) in [5.74, 6) is 0.357. The lowest BCUT2D eigenvalue weighted by Gasteiger charge is -2.50. The molecular weight excluding hydrogens is 268 g/mol. The normalized spacial score (nSPS) is 33.2. The van der Waals surface area contributed by atoms with Crippen molar-refractivity contribution in [1.82, 2.24) is 10.2 Å². The fourth-order valence-corrected chi connectivity index (χ4v) is 3.16. The van der Waals surface area contributed by atoms with Crippen LogP contribution in [0, 0.1) is 5.92 Å². The fraction of sp³-hybridized carbons (Fsp3) is 0.875. The lowest BCUT2D eigenvalue weighted by Crippen LogP contribution is -2.74. The smallest absolute Gasteiger partial charge is 0.248 e. The van der Waals surface area contributed by atoms with Gasteiger partial charge >= 0.3 is 0 Å². The van der Waals surface area contributed by atoms with E-state index in [0.29, 0.717) is 32.1 Å². The van der Waals surface area contributed by atoms with Crippen molar-refractivity contribution < 1.29 is 14.3 Å². The van der Waals surface area contributed by atoms with Crippen LogP contribution in [0.1, 0.15) is 53.4 Å². The van der Waals surface area contributed by atoms with Crippen LogP contribution in [-0.2, 0) is 14.3 Å². The van der Waals surface area contributed by atoms with Crippen LogP contribution in [0.15, 0.2) is 0 Å². The molecule has 21 heavy (non-hydrogen) atoms. The number of hydrogen-bond acceptors (Lipinski definition) is 3. The van der Waals surface area contributed by atoms with E-state index < -0.39 is 11.1 Å². The van der Waals surface area contributed by atoms with Crippen LogP contribution in [-0.4, -0.2) is 47.6 Å². The van der Waals surface area contributed by atoms with Crippen LogP contribution in [0.25, 0.3) is 0 Å². The maximum Gasteiger partial charge on any atom is 0.248 e. The highest BCUT2D eigenvalue weighted by molar-refractivity contribution is 6.02. The van der Waals surface area contributed by atoms with Gasteiger partial charge in [-0.1, -0.05) is 6.92 Å². The molecule has 2 aliphatic rings. The van der Waals surface area contributed by atoms with Crippen molar-refractivity contribution in [3.8, 4) is 0 Å². The van der Waals surface area contributed by atoms with Crippen LogP contribution in [0.4, 0.5) is 0 Å². The van der Waals surface area contributed by atoms with Gasteiger partial charge in [-0.05, 0) is 52.4 Å². The molecule has 0 aromatic heterocycles. The maximum absolute atomic E-state index is 12.9. The first-order chi connectivity index (χ1) is 9.90. The highest BCUT2D eigenvalue weighted by atomic mass is 16.5. The van der Waals surface area contributed by atoms with Crippen molar-refractivity contribution in [3.05, 3.63) is 0 Å². The molecule has 0 spiro atoms. The van der Waals surface area contributed by atoms with Gasteiger partial charge < -0.3 is 15.0 Å². The van der Waals surface area contributed by atoms with Gasteiger partial charge in [0.15, 0.2) is 0 Å². The van der Waals surface area contributed by atoms with Gasteiger partial charge in [0, 0.05) is 19.8 Å². The summed E-state index contributed by atoms with van der Waals surface area (Å²) in [5, 5.41) is 2.97. The highest BCUT2D eigenvalue weighted by Gasteiger charge is 2.59. The van der Waals surface area contributed by atoms with Crippen molar-refractivity contribution in [2.75, 3.05) is 19.8 Å². The minimum atomic E-state index is -0.767. The second-order valence-corrected chi connectivity index (χ2v) is 6.57. The molecular formula is C16H28N2O3. The molecule has 1 N–H and O–H groups in total. The van der Waals surface area contributed by atoms with Gasteiger partial charge in [0.05, 0.1) is 0 Å². The van der Waals surface area contributed by atoms with E-state index in [0.717, 1.165) is 19.3 Å². The second kappa shape index (κ2) is 5.95. The number of carbonyl (C=O) groups excluding carboxylic acids is 2. The standard InChI is InChI=1S/C16H28N2O3/c1-5-15(3)14(20)18(10-7-11-21-6-2)16(4,12-8-9-12)13(19)17-15/h12H,5-11H2,1-4H3,(H,17,19). The molecule has 5 nitrogen and oxygen atoms in total. The molecule has 1 aliphatic heterocycles. The Hall–Kier alpha value is -1.10. The number of amides is 2. The number of carbonyl (C=O) groups is 2. The molecule has 2 rings (SSSR count). The van der Waals surface area contributed by atoms with Gasteiger partial charge in [0.1, 0.15) is 11.1 Å². The summed E-state index contributed by atoms with van der Waals surface area (Å²) in [6, 6.07) is 0. The summed E-state index contributed by atoms with van der Waals surface area (Å²) in [6.07, 6.45) is 3.44. The minimum absolute atomic E-state index is 0.00496. The summed E-state index contributed by atoms with van der Waals surface area (Å²) in [6.45, 7) is 9.56. The first-order valence-corrected chi connectivity index (χ1v) is 8.12. The molecule has 2 atom stereocenters. The summed E-state index contributed by atoms with van der Waals surface area (Å²) < 4.78 is 5.37. The molecule has 2 unspecified atom stereocenters. The predicted molar refractivity (Wildman–Crippen MR) is 80.8 cm³/mol. The third-order valence-corrected chi connectivity index (χ3v) is 5.08. The largest absolute Gasteiger partial charge is 0.382 e. The van der Waals surface area contributed by atoms with E-state index in [-0.39, 0.29) is 11.8 Å². The van der Waals surface area contributed by atoms with Crippen molar-refractivity contribution >= 4 is 11.8 Å². The third kappa shape index (κ3) is 2.80. The van der Waals surface area contributed by atoms with E-state index in [1.54, 1.807) is 0 Å². The SMILES string of the molecule is CCOCCCN1C(=O)C(C)(CC)NC(=O)C1(C)C1CC1. The van der Waals surface area contributed by atoms with Gasteiger partial charge in [-0.3, -0.25) is 9.59 Å². The Morgan fingerprint density at radius 1 is 1.29 bits per heavy atom. The monoisotopic (exact) mass is 296 g/mol. The zero-order valence-corrected chi connectivity index (χ0v) is 13.7. The first-order valence-electron chi connectivity index (χ1n) is 8.12. The Bertz CT molecular complexity index is 422. The van der Waals surface area contributed by atoms with Crippen molar-refractivity contribution in [3.63, 3.8) is 0 Å². The van der Waals surface area contributed by atoms with E-state index in [1.165, 1.54) is 0 Å². The molecule has 2 amide bonds. The molecule has 0 radical (unpaired) electrons. The maximum atomic E-state index is 12.9. The lowest BCUT2D eigenvalue weighted by molar-refractivity contribution is -0.163. The fourth-order valence-electron chi connectivity index (χ4n) is 3.16. The second-order valence-electron chi connectivity index (χ2n) is 6.57. The molecule has 0 aromatic carbocycles. The Kier molecular flexibility index (Phi) is 4.61. The molecule has 2 fully saturated rings. The number of piperazine rings is 1. The summed E-state index contributed by atoms with van der Waals surface area (Å²) >= 11 is 0. The average Bonchev–Trinajstić information content (AvgIpc) is 3.29. The zero-order chi connectivity index (χ0) is 15.7. The summed E-state index contributed by atoms with van der Waals surface area (Å²) in [5.41, 5.74) is -1.45. The Morgan fingerprint density at radius 3 is 2.48 bits per heavy atom. The molecule has 1 saturated carbocycles. The highest BCUT2D eigenvalue weighted by Crippen LogP contribution is 2.46. The number of ether oxygens (including phenoxy) is 1. The molecule has 120 valence electrons. The topological polar surface area (TPSA) is 58.6 Å². The average molecular weight is 296 g/mol. The van der Waals surface area contributed by atoms with E-state index >= 15 is 0 Å². The number of rotatable bonds is 7. The molecule has 0 bridgehead atoms. The molecule has 1 heterocycles. The van der Waals surface area contributed by atoms with Gasteiger partial charge in [0.2, 0.25) is 11.8 Å². The number of nitrogens with zero attached hydrogens (tertiary/aromatic N) is 1. The van der Waals surface area contributed by atoms with Gasteiger partial charge in [0.25, 0.3) is 0 Å². The summed E-state index contributed by atoms with van der Waals surface area (Å²) in [7, 11) is 0. The molecule has 0 aromatic rings. The van der Waals surface area contributed by atoms with Crippen molar-refractivity contribution in [1.29, 1.82) is 0 Å². The van der Waals surface area contributed by atoms with E-state index in [2.05, 4.69) is 5.32 Å². The molecule has 5 heteroatoms. The lowest BCUT2D eigenvalue weighted by atomic mass is 9.82. The minimum Gasteiger partial charge on any atom is -0.382 e. The van der Waals surface area contributed by atoms with Gasteiger partial charge in [-0.15, -0.1) is 0 Å². The number of hydrogen-bond donors (Lipinski definition) is 1. The van der Waals surface area contributed by atoms with Crippen LogP contribution in [0.3, 0.4) is 0 Å². The van der Waals surface area contributed by atoms with Crippen molar-refractivity contribution in [2.45, 2.75) is 64.5 Å². The molecule has 1 aliphatic carbocycles. The van der Waals surface area contributed by atoms with Crippen LogP contribution >= 0.6 is 0 Å². The summed E-state index contributed by atoms with van der Waals surface area (Å²) in [4.78, 5) is 27.4. The predicted octanol–water partition coefficient (Wildman–Crippen LogP) is 1.71. The Balaban J connectivity index is 2.19. The van der Waals surface area contributed by atoms with E-state index in [4.69, 9.17) is 4.74 Å². The van der Waals surface area contributed by atoms with E-state index in [1.807, 2.05) is 32.6 Å². The number of nitrogens with one attached hydrogen (secondary N) is 1. The Morgan fingerprint density at radius 2 is 1.95 bits per heavy atom. The van der Waals surface area contributed by atoms with Gasteiger partial charge in [-0.2, -0.15) is 0 Å². The van der Waals surface area contributed by atoms with Crippen molar-refractivity contribution in [2.24, 2.45) is 5.92 Å². The quantitative estimate of drug-likeness (QED) is 0.728.